The molecule has 6 aromatic carbocycles. The molecule has 5 atom stereocenters. The van der Waals surface area contributed by atoms with Crippen LogP contribution in [0, 0.1) is 17.5 Å². The summed E-state index contributed by atoms with van der Waals surface area (Å²) in [5.41, 5.74) is 7.34. The van der Waals surface area contributed by atoms with E-state index in [0.717, 1.165) is 15.6 Å². The zero-order valence-electron chi connectivity index (χ0n) is 69.9. The zero-order valence-corrected chi connectivity index (χ0v) is 77.1. The number of sulfone groups is 2. The van der Waals surface area contributed by atoms with Crippen molar-refractivity contribution in [3.8, 4) is 22.3 Å². The van der Waals surface area contributed by atoms with Gasteiger partial charge in [0.25, 0.3) is 16.7 Å². The van der Waals surface area contributed by atoms with Crippen molar-refractivity contribution in [3.63, 3.8) is 0 Å². The highest BCUT2D eigenvalue weighted by atomic mass is 79.9. The Morgan fingerprint density at radius 2 is 1.02 bits per heavy atom. The largest absolute Gasteiger partial charge is 0.495 e. The van der Waals surface area contributed by atoms with Crippen LogP contribution in [0.15, 0.2) is 176 Å². The number of carbonyl (C=O) groups excluding carboxylic acids is 2. The Bertz CT molecular complexity index is 5980. The van der Waals surface area contributed by atoms with Gasteiger partial charge in [0.1, 0.15) is 17.5 Å². The Labute approximate surface area is 718 Å². The number of anilines is 1. The molecule has 0 spiro atoms. The van der Waals surface area contributed by atoms with Crippen LogP contribution in [0.3, 0.4) is 0 Å². The van der Waals surface area contributed by atoms with E-state index < -0.39 is 91.8 Å². The molecule has 3 aromatic heterocycles. The molecule has 1 N–H and O–H groups in total. The van der Waals surface area contributed by atoms with Gasteiger partial charge in [-0.1, -0.05) is 69.1 Å². The number of hydrogen-bond acceptors (Lipinski definition) is 16. The summed E-state index contributed by atoms with van der Waals surface area (Å²) in [6.45, 7) is 29.5. The Kier molecular flexibility index (Phi) is 31.3. The second kappa shape index (κ2) is 38.6. The maximum Gasteiger partial charge on any atom is 0.495 e. The lowest BCUT2D eigenvalue weighted by atomic mass is 9.73. The number of benzene rings is 6. The first-order valence-electron chi connectivity index (χ1n) is 38.2. The normalized spacial score (nSPS) is 15.5. The topological polar surface area (TPSA) is 280 Å². The van der Waals surface area contributed by atoms with E-state index in [-0.39, 0.29) is 112 Å². The SMILES string of the molecule is CCS(=O)(=O)Cc1cc(B2OC(C)(C)C(C)(C)O2)c(C(=O)c2ccc(F)cc2)cc1Cl.CCS(=O)(=O)Cc1ccc(C(=O)c2ccc(F)cc2)c(-c2cn(C)c(=O)cc2[C@H](C)C[S@@](=O)C(C)(C)C)c1.CCS(=O)(=O)Nc1cc2c(cc1Cl)C(c1ccc(F)cc1)=N[C@@H](C)c1cc(=O)n(C)cc1-2.C[C@H](C[S@@](=O)C(C)(C)C)c1cc(=O)n(C)cc1Br. The van der Waals surface area contributed by atoms with E-state index in [2.05, 4.69) is 20.7 Å². The fourth-order valence-electron chi connectivity index (χ4n) is 12.5. The monoisotopic (exact) mass is 1830 g/mol. The number of sulfonamides is 1. The standard InChI is InChI=1S/C29H34FNO5S2.C23H21ClFN3O3S.C22H25BClFO5S.C13H20BrNO2S/c1-7-38(35,36)18-20-8-13-23(28(33)21-9-11-22(30)12-10-21)25(14-20)26-16-31(6)27(32)15-24(26)19(2)17-37(34)29(3,4)5;1-4-32(30,31)27-21-10-17-18(9-20(21)24)23(14-5-7-15(25)8-6-14)26-13(2)16-11-22(29)28(3)12-19(16)17;1-6-31(27,28)13-15-11-18(23-29-21(2,3)22(4,5)30-23)17(12-19(15)24)20(26)14-7-9-16(25)10-8-14;1-9(8-18(17)13(2,3)4)10-6-12(16)15(5)7-11(10)14/h8-16,19H,7,17-18H2,1-6H3;5-13,27H,4H2,1-3H3;7-12H,6,13H2,1-5H3;6-7,9H,8H2,1-5H3/t19-,37-;13-;;9-,18-/m10.1/s1. The molecule has 638 valence electrons. The van der Waals surface area contributed by atoms with Gasteiger partial charge >= 0.3 is 7.12 Å². The van der Waals surface area contributed by atoms with Crippen LogP contribution in [0.25, 0.3) is 22.3 Å². The number of nitrogens with zero attached hydrogens (tertiary/aromatic N) is 4. The van der Waals surface area contributed by atoms with Gasteiger partial charge in [-0.15, -0.1) is 0 Å². The van der Waals surface area contributed by atoms with Crippen molar-refractivity contribution in [3.05, 3.63) is 276 Å². The number of halogens is 6. The van der Waals surface area contributed by atoms with Crippen molar-refractivity contribution in [1.82, 2.24) is 13.7 Å². The molecular formula is C87H100BBrCl2F3N5O15S5. The highest BCUT2D eigenvalue weighted by molar-refractivity contribution is 9.10. The fourth-order valence-corrected chi connectivity index (χ4v) is 18.6. The van der Waals surface area contributed by atoms with Crippen LogP contribution < -0.4 is 26.9 Å². The molecule has 0 radical (unpaired) electrons. The van der Waals surface area contributed by atoms with E-state index >= 15 is 0 Å². The molecule has 9 aromatic rings. The highest BCUT2D eigenvalue weighted by Crippen LogP contribution is 2.43. The van der Waals surface area contributed by atoms with Crippen molar-refractivity contribution < 1.29 is 65.7 Å². The van der Waals surface area contributed by atoms with E-state index in [1.165, 1.54) is 99.5 Å². The van der Waals surface area contributed by atoms with Crippen LogP contribution in [-0.4, -0.2) is 121 Å². The molecule has 1 saturated heterocycles. The molecule has 2 aliphatic heterocycles. The summed E-state index contributed by atoms with van der Waals surface area (Å²) in [6, 6.07) is 31.7. The minimum atomic E-state index is -3.57. The third kappa shape index (κ3) is 24.2. The lowest BCUT2D eigenvalue weighted by Gasteiger charge is -2.32. The second-order valence-electron chi connectivity index (χ2n) is 32.3. The number of fused-ring (bicyclic) bond motifs is 3. The number of aliphatic imine (C=N–C) groups is 1. The van der Waals surface area contributed by atoms with E-state index in [1.54, 1.807) is 108 Å². The summed E-state index contributed by atoms with van der Waals surface area (Å²) in [6.07, 6.45) is 5.10. The van der Waals surface area contributed by atoms with Gasteiger partial charge in [0.2, 0.25) is 10.0 Å². The average Bonchev–Trinajstić information content (AvgIpc) is 1.64. The van der Waals surface area contributed by atoms with Crippen LogP contribution >= 0.6 is 39.1 Å². The molecule has 1 fully saturated rings. The molecule has 20 nitrogen and oxygen atoms in total. The van der Waals surface area contributed by atoms with E-state index in [0.29, 0.717) is 78.3 Å². The molecule has 0 bridgehead atoms. The van der Waals surface area contributed by atoms with Crippen LogP contribution in [0.1, 0.15) is 199 Å². The third-order valence-corrected chi connectivity index (χ3v) is 30.8. The molecule has 0 aliphatic carbocycles. The third-order valence-electron chi connectivity index (χ3n) is 20.6. The van der Waals surface area contributed by atoms with Crippen LogP contribution in [-0.2, 0) is 93.3 Å². The molecule has 0 unspecified atom stereocenters. The smallest absolute Gasteiger partial charge is 0.399 e. The van der Waals surface area contributed by atoms with Crippen LogP contribution in [0.2, 0.25) is 10.0 Å². The number of rotatable bonds is 22. The van der Waals surface area contributed by atoms with Gasteiger partial charge < -0.3 is 23.0 Å². The Morgan fingerprint density at radius 3 is 1.51 bits per heavy atom. The Balaban J connectivity index is 0.000000203. The molecule has 119 heavy (non-hydrogen) atoms. The number of carbonyl (C=O) groups is 2. The van der Waals surface area contributed by atoms with Crippen LogP contribution in [0.4, 0.5) is 18.9 Å². The first kappa shape index (κ1) is 96.4. The maximum atomic E-state index is 13.6. The molecule has 0 saturated carbocycles. The minimum absolute atomic E-state index is 0.0284. The molecule has 32 heteroatoms. The van der Waals surface area contributed by atoms with Gasteiger partial charge in [-0.25, -0.2) is 38.4 Å². The van der Waals surface area contributed by atoms with Gasteiger partial charge in [-0.2, -0.15) is 0 Å². The molecular weight excluding hydrogens is 1730 g/mol. The average molecular weight is 1830 g/mol. The molecule has 5 heterocycles. The maximum absolute atomic E-state index is 13.6. The van der Waals surface area contributed by atoms with Crippen LogP contribution in [0.5, 0.6) is 0 Å². The van der Waals surface area contributed by atoms with E-state index in [4.69, 9.17) is 37.5 Å². The first-order valence-corrected chi connectivity index (χ1v) is 47.6. The number of pyridine rings is 3. The first-order chi connectivity index (χ1) is 55.1. The quantitative estimate of drug-likeness (QED) is 0.0488. The number of aryl methyl sites for hydroxylation is 3. The number of aromatic nitrogens is 3. The van der Waals surface area contributed by atoms with Gasteiger partial charge in [0.05, 0.1) is 50.9 Å². The summed E-state index contributed by atoms with van der Waals surface area (Å²) in [5.74, 6) is -2.03. The number of ketones is 2. The summed E-state index contributed by atoms with van der Waals surface area (Å²) in [4.78, 5) is 68.4. The van der Waals surface area contributed by atoms with Crippen molar-refractivity contribution in [1.29, 1.82) is 0 Å². The molecule has 11 rings (SSSR count). The van der Waals surface area contributed by atoms with Crippen molar-refractivity contribution in [2.45, 2.75) is 161 Å². The Morgan fingerprint density at radius 1 is 0.563 bits per heavy atom. The van der Waals surface area contributed by atoms with Gasteiger partial charge in [-0.3, -0.25) is 42.1 Å². The van der Waals surface area contributed by atoms with Crippen molar-refractivity contribution >= 4 is 126 Å². The highest BCUT2D eigenvalue weighted by Gasteiger charge is 2.53. The summed E-state index contributed by atoms with van der Waals surface area (Å²) >= 11 is 16.3. The minimum Gasteiger partial charge on any atom is -0.399 e. The van der Waals surface area contributed by atoms with Crippen molar-refractivity contribution in [2.24, 2.45) is 26.1 Å². The second-order valence-corrected chi connectivity index (χ2v) is 45.2. The van der Waals surface area contributed by atoms with Gasteiger partial charge in [0.15, 0.2) is 31.2 Å². The van der Waals surface area contributed by atoms with Gasteiger partial charge in [0, 0.05) is 166 Å². The zero-order chi connectivity index (χ0) is 88.9. The summed E-state index contributed by atoms with van der Waals surface area (Å²) in [7, 11) is -8.34. The van der Waals surface area contributed by atoms with Gasteiger partial charge in [-0.05, 0) is 252 Å². The molecule has 2 aliphatic rings. The number of hydrogen-bond donors (Lipinski definition) is 1. The predicted octanol–water partition coefficient (Wildman–Crippen LogP) is 16.3. The lowest BCUT2D eigenvalue weighted by Crippen LogP contribution is -2.41. The summed E-state index contributed by atoms with van der Waals surface area (Å²) < 4.78 is 158. The van der Waals surface area contributed by atoms with E-state index in [9.17, 15) is 70.8 Å². The van der Waals surface area contributed by atoms with Crippen molar-refractivity contribution in [2.75, 3.05) is 33.5 Å². The fraction of sp³-hybridized carbons (Fsp3) is 0.379. The van der Waals surface area contributed by atoms with E-state index in [1.807, 2.05) is 90.0 Å². The Hall–Kier alpha value is -8.04. The molecule has 0 amide bonds. The summed E-state index contributed by atoms with van der Waals surface area (Å²) in [5, 5.41) is 0.360. The predicted molar refractivity (Wildman–Crippen MR) is 478 cm³/mol. The number of nitrogens with one attached hydrogen (secondary N) is 1. The lowest BCUT2D eigenvalue weighted by molar-refractivity contribution is 0.00578.